The minimum absolute atomic E-state index is 0.0635. The molecule has 0 saturated heterocycles. The maximum absolute atomic E-state index is 14.7. The highest BCUT2D eigenvalue weighted by atomic mass is 19.2. The van der Waals surface area contributed by atoms with Crippen LogP contribution in [-0.2, 0) is 24.2 Å². The topological polar surface area (TPSA) is 29.5 Å². The lowest BCUT2D eigenvalue weighted by Crippen LogP contribution is -2.00. The van der Waals surface area contributed by atoms with E-state index >= 15 is 0 Å². The van der Waals surface area contributed by atoms with Crippen molar-refractivity contribution < 1.29 is 23.0 Å². The van der Waals surface area contributed by atoms with E-state index in [1.807, 2.05) is 37.3 Å². The summed E-state index contributed by atoms with van der Waals surface area (Å²) in [4.78, 5) is 0. The first kappa shape index (κ1) is 23.6. The maximum Gasteiger partial charge on any atom is 0.166 e. The summed E-state index contributed by atoms with van der Waals surface area (Å²) < 4.78 is 49.2. The summed E-state index contributed by atoms with van der Waals surface area (Å²) in [6, 6.07) is 21.6. The molecule has 4 aromatic rings. The minimum Gasteiger partial charge on any atom is -0.508 e. The maximum atomic E-state index is 14.7. The van der Waals surface area contributed by atoms with Gasteiger partial charge >= 0.3 is 0 Å². The Morgan fingerprint density at radius 2 is 1.29 bits per heavy atom. The van der Waals surface area contributed by atoms with Gasteiger partial charge in [-0.3, -0.25) is 0 Å². The van der Waals surface area contributed by atoms with Gasteiger partial charge in [-0.15, -0.1) is 0 Å². The van der Waals surface area contributed by atoms with Crippen molar-refractivity contribution in [2.75, 3.05) is 6.61 Å². The second-order valence-corrected chi connectivity index (χ2v) is 8.10. The van der Waals surface area contributed by atoms with E-state index in [0.717, 1.165) is 16.7 Å². The van der Waals surface area contributed by atoms with Crippen LogP contribution in [0.5, 0.6) is 5.75 Å². The fraction of sp³-hybridized carbons (Fsp3) is 0.172. The zero-order valence-electron chi connectivity index (χ0n) is 18.8. The summed E-state index contributed by atoms with van der Waals surface area (Å²) in [6.45, 7) is 2.84. The molecule has 34 heavy (non-hydrogen) atoms. The Balaban J connectivity index is 1.44. The van der Waals surface area contributed by atoms with Crippen molar-refractivity contribution in [1.29, 1.82) is 0 Å². The van der Waals surface area contributed by atoms with E-state index in [0.29, 0.717) is 42.7 Å². The molecule has 4 rings (SSSR count). The molecule has 1 N–H and O–H groups in total. The Labute approximate surface area is 197 Å². The van der Waals surface area contributed by atoms with Gasteiger partial charge in [0, 0.05) is 17.7 Å². The van der Waals surface area contributed by atoms with E-state index in [4.69, 9.17) is 4.74 Å². The van der Waals surface area contributed by atoms with Gasteiger partial charge in [0.2, 0.25) is 0 Å². The molecular formula is C29H25F3O2. The zero-order chi connectivity index (χ0) is 24.1. The van der Waals surface area contributed by atoms with E-state index in [2.05, 4.69) is 0 Å². The molecule has 0 unspecified atom stereocenters. The lowest BCUT2D eigenvalue weighted by Gasteiger charge is -2.10. The monoisotopic (exact) mass is 462 g/mol. The molecule has 0 heterocycles. The molecule has 174 valence electrons. The van der Waals surface area contributed by atoms with Crippen molar-refractivity contribution in [2.45, 2.75) is 26.4 Å². The summed E-state index contributed by atoms with van der Waals surface area (Å²) >= 11 is 0. The minimum atomic E-state index is -0.901. The van der Waals surface area contributed by atoms with Crippen molar-refractivity contribution in [1.82, 2.24) is 0 Å². The van der Waals surface area contributed by atoms with E-state index in [1.165, 1.54) is 18.2 Å². The first-order valence-electron chi connectivity index (χ1n) is 11.2. The fourth-order valence-electron chi connectivity index (χ4n) is 3.88. The quantitative estimate of drug-likeness (QED) is 0.294. The van der Waals surface area contributed by atoms with Gasteiger partial charge in [-0.1, -0.05) is 60.7 Å². The van der Waals surface area contributed by atoms with Gasteiger partial charge in [0.1, 0.15) is 11.6 Å². The Morgan fingerprint density at radius 1 is 0.676 bits per heavy atom. The number of ether oxygens (including phenoxy) is 1. The van der Waals surface area contributed by atoms with E-state index < -0.39 is 11.6 Å². The molecule has 5 heteroatoms. The van der Waals surface area contributed by atoms with Crippen LogP contribution in [0.4, 0.5) is 13.2 Å². The summed E-state index contributed by atoms with van der Waals surface area (Å²) in [7, 11) is 0. The molecule has 0 spiro atoms. The Morgan fingerprint density at radius 3 is 1.97 bits per heavy atom. The molecule has 0 aliphatic carbocycles. The molecule has 0 aromatic heterocycles. The third-order valence-corrected chi connectivity index (χ3v) is 5.79. The molecule has 0 saturated carbocycles. The molecule has 0 radical (unpaired) electrons. The highest BCUT2D eigenvalue weighted by Gasteiger charge is 2.15. The molecular weight excluding hydrogens is 437 g/mol. The van der Waals surface area contributed by atoms with Crippen molar-refractivity contribution >= 4 is 0 Å². The van der Waals surface area contributed by atoms with E-state index in [9.17, 15) is 18.3 Å². The highest BCUT2D eigenvalue weighted by Crippen LogP contribution is 2.29. The molecule has 0 aliphatic heterocycles. The first-order valence-corrected chi connectivity index (χ1v) is 11.2. The van der Waals surface area contributed by atoms with Gasteiger partial charge in [0.15, 0.2) is 11.6 Å². The number of hydrogen-bond donors (Lipinski definition) is 1. The van der Waals surface area contributed by atoms with E-state index in [-0.39, 0.29) is 17.1 Å². The number of aryl methyl sites for hydroxylation is 2. The second-order valence-electron chi connectivity index (χ2n) is 8.10. The largest absolute Gasteiger partial charge is 0.508 e. The second kappa shape index (κ2) is 10.6. The molecule has 0 fully saturated rings. The lowest BCUT2D eigenvalue weighted by molar-refractivity contribution is 0.134. The van der Waals surface area contributed by atoms with Crippen LogP contribution in [0.15, 0.2) is 78.9 Å². The number of phenolic OH excluding ortho intramolecular Hbond substituents is 1. The molecule has 0 bridgehead atoms. The fourth-order valence-corrected chi connectivity index (χ4v) is 3.88. The van der Waals surface area contributed by atoms with Crippen LogP contribution in [-0.4, -0.2) is 11.7 Å². The van der Waals surface area contributed by atoms with Crippen LogP contribution in [0, 0.1) is 17.5 Å². The molecule has 0 amide bonds. The predicted molar refractivity (Wildman–Crippen MR) is 128 cm³/mol. The predicted octanol–water partition coefficient (Wildman–Crippen LogP) is 7.47. The van der Waals surface area contributed by atoms with Crippen LogP contribution >= 0.6 is 0 Å². The summed E-state index contributed by atoms with van der Waals surface area (Å²) in [5.41, 5.74) is 3.92. The van der Waals surface area contributed by atoms with Crippen LogP contribution in [0.1, 0.15) is 23.6 Å². The van der Waals surface area contributed by atoms with Crippen molar-refractivity contribution in [2.24, 2.45) is 0 Å². The molecule has 0 aliphatic rings. The number of rotatable bonds is 8. The number of halogens is 3. The van der Waals surface area contributed by atoms with Crippen molar-refractivity contribution in [3.63, 3.8) is 0 Å². The van der Waals surface area contributed by atoms with Crippen LogP contribution in [0.3, 0.4) is 0 Å². The van der Waals surface area contributed by atoms with Crippen LogP contribution < -0.4 is 0 Å². The molecule has 4 aromatic carbocycles. The normalized spacial score (nSPS) is 11.1. The van der Waals surface area contributed by atoms with Crippen molar-refractivity contribution in [3.05, 3.63) is 113 Å². The number of phenols is 1. The number of benzene rings is 4. The average Bonchev–Trinajstić information content (AvgIpc) is 2.85. The highest BCUT2D eigenvalue weighted by molar-refractivity contribution is 5.66. The SMILES string of the molecule is CCOCc1ccc(-c2ccc(CCc3ccc(-c4ccc(O)cc4)c(F)c3F)cc2)c(F)c1. The lowest BCUT2D eigenvalue weighted by atomic mass is 9.97. The summed E-state index contributed by atoms with van der Waals surface area (Å²) in [5.74, 6) is -2.01. The van der Waals surface area contributed by atoms with Gasteiger partial charge in [-0.05, 0) is 65.8 Å². The van der Waals surface area contributed by atoms with Gasteiger partial charge in [-0.2, -0.15) is 0 Å². The molecule has 2 nitrogen and oxygen atoms in total. The number of hydrogen-bond acceptors (Lipinski definition) is 2. The Kier molecular flexibility index (Phi) is 7.33. The third kappa shape index (κ3) is 5.32. The van der Waals surface area contributed by atoms with Gasteiger partial charge in [0.25, 0.3) is 0 Å². The number of aromatic hydroxyl groups is 1. The standard InChI is InChI=1S/C29H25F3O2/c1-2-34-18-20-6-15-25(27(30)17-20)21-7-3-19(4-8-21)5-9-23-12-16-26(29(32)28(23)31)22-10-13-24(33)14-11-22/h3-4,6-8,10-17,33H,2,5,9,18H2,1H3. The van der Waals surface area contributed by atoms with Gasteiger partial charge < -0.3 is 9.84 Å². The van der Waals surface area contributed by atoms with Gasteiger partial charge in [0.05, 0.1) is 6.61 Å². The van der Waals surface area contributed by atoms with E-state index in [1.54, 1.807) is 30.3 Å². The first-order chi connectivity index (χ1) is 16.5. The Hall–Kier alpha value is -3.57. The third-order valence-electron chi connectivity index (χ3n) is 5.79. The Bertz CT molecular complexity index is 1270. The van der Waals surface area contributed by atoms with Crippen LogP contribution in [0.2, 0.25) is 0 Å². The summed E-state index contributed by atoms with van der Waals surface area (Å²) in [5, 5.41) is 9.39. The average molecular weight is 463 g/mol. The van der Waals surface area contributed by atoms with Crippen LogP contribution in [0.25, 0.3) is 22.3 Å². The van der Waals surface area contributed by atoms with Gasteiger partial charge in [-0.25, -0.2) is 13.2 Å². The summed E-state index contributed by atoms with van der Waals surface area (Å²) in [6.07, 6.45) is 0.851. The molecule has 0 atom stereocenters. The smallest absolute Gasteiger partial charge is 0.166 e. The van der Waals surface area contributed by atoms with Crippen molar-refractivity contribution in [3.8, 4) is 28.0 Å². The zero-order valence-corrected chi connectivity index (χ0v) is 18.8.